The Balaban J connectivity index is 2.10. The molecule has 2 rings (SSSR count). The van der Waals surface area contributed by atoms with Crippen LogP contribution >= 0.6 is 0 Å². The molecule has 7 nitrogen and oxygen atoms in total. The molecule has 2 heterocycles. The fraction of sp³-hybridized carbons (Fsp3) is 0.667. The largest absolute Gasteiger partial charge is 0.591 e. The lowest BCUT2D eigenvalue weighted by Gasteiger charge is -2.23. The van der Waals surface area contributed by atoms with Crippen molar-refractivity contribution < 1.29 is 18.5 Å². The molecule has 0 unspecified atom stereocenters. The van der Waals surface area contributed by atoms with E-state index in [2.05, 4.69) is 19.6 Å². The standard InChI is InChI=1S/C21H33FN4O3S/c1-14(25-30(28)21(5,6)7)17-10-16(22)12-23-18(17)26-9-8-15(13-26)11-24-19(27)29-20(2,3)4/h10,12,15H,8-9,11,13H2,1-7H3,(H,24,27)/b25-14-/t15-,30-/m1/s1. The third kappa shape index (κ3) is 7.12. The predicted octanol–water partition coefficient (Wildman–Crippen LogP) is 3.84. The summed E-state index contributed by atoms with van der Waals surface area (Å²) < 4.78 is 35.4. The molecular weight excluding hydrogens is 407 g/mol. The fourth-order valence-corrected chi connectivity index (χ4v) is 3.62. The molecule has 1 aromatic heterocycles. The Morgan fingerprint density at radius 2 is 2.07 bits per heavy atom. The SMILES string of the molecule is C/C(=N/[S@+]([O-])C(C)(C)C)c1cc(F)cnc1N1CC[C@H](CNC(=O)OC(C)(C)C)C1. The zero-order chi connectivity index (χ0) is 22.7. The van der Waals surface area contributed by atoms with Gasteiger partial charge in [-0.2, -0.15) is 0 Å². The van der Waals surface area contributed by atoms with Gasteiger partial charge in [0.15, 0.2) is 0 Å². The van der Waals surface area contributed by atoms with Crippen molar-refractivity contribution in [2.24, 2.45) is 10.3 Å². The van der Waals surface area contributed by atoms with Crippen molar-refractivity contribution in [1.82, 2.24) is 10.3 Å². The first-order chi connectivity index (χ1) is 13.8. The number of hydrogen-bond acceptors (Lipinski definition) is 6. The van der Waals surface area contributed by atoms with Gasteiger partial charge in [-0.15, -0.1) is 0 Å². The van der Waals surface area contributed by atoms with Gasteiger partial charge in [0, 0.05) is 25.2 Å². The van der Waals surface area contributed by atoms with Gasteiger partial charge in [-0.25, -0.2) is 14.2 Å². The van der Waals surface area contributed by atoms with Crippen molar-refractivity contribution in [1.29, 1.82) is 0 Å². The van der Waals surface area contributed by atoms with E-state index in [-0.39, 0.29) is 5.92 Å². The van der Waals surface area contributed by atoms with Crippen LogP contribution in [-0.4, -0.2) is 51.3 Å². The van der Waals surface area contributed by atoms with E-state index in [9.17, 15) is 13.7 Å². The summed E-state index contributed by atoms with van der Waals surface area (Å²) in [5.74, 6) is 0.369. The highest BCUT2D eigenvalue weighted by Crippen LogP contribution is 2.27. The van der Waals surface area contributed by atoms with E-state index >= 15 is 0 Å². The summed E-state index contributed by atoms with van der Waals surface area (Å²) in [5, 5.41) is 2.81. The summed E-state index contributed by atoms with van der Waals surface area (Å²) in [6.07, 6.45) is 1.60. The number of anilines is 1. The van der Waals surface area contributed by atoms with E-state index < -0.39 is 33.6 Å². The normalized spacial score (nSPS) is 19.0. The van der Waals surface area contributed by atoms with Crippen molar-refractivity contribution in [2.45, 2.75) is 65.2 Å². The lowest BCUT2D eigenvalue weighted by Crippen LogP contribution is -2.36. The minimum Gasteiger partial charge on any atom is -0.591 e. The predicted molar refractivity (Wildman–Crippen MR) is 119 cm³/mol. The topological polar surface area (TPSA) is 89.9 Å². The molecule has 2 atom stereocenters. The number of rotatable bonds is 5. The van der Waals surface area contributed by atoms with Gasteiger partial charge in [0.05, 0.1) is 11.9 Å². The Morgan fingerprint density at radius 3 is 2.67 bits per heavy atom. The zero-order valence-corrected chi connectivity index (χ0v) is 19.7. The molecule has 168 valence electrons. The second-order valence-electron chi connectivity index (χ2n) is 9.55. The highest BCUT2D eigenvalue weighted by Gasteiger charge is 2.30. The van der Waals surface area contributed by atoms with Crippen LogP contribution in [0.15, 0.2) is 16.7 Å². The third-order valence-electron chi connectivity index (χ3n) is 4.49. The average molecular weight is 441 g/mol. The molecule has 0 saturated carbocycles. The summed E-state index contributed by atoms with van der Waals surface area (Å²) in [4.78, 5) is 18.2. The molecule has 0 aliphatic carbocycles. The van der Waals surface area contributed by atoms with Gasteiger partial charge < -0.3 is 19.5 Å². The van der Waals surface area contributed by atoms with Gasteiger partial charge in [0.25, 0.3) is 0 Å². The number of carbonyl (C=O) groups excluding carboxylic acids is 1. The second-order valence-corrected chi connectivity index (χ2v) is 11.5. The first-order valence-electron chi connectivity index (χ1n) is 10.1. The van der Waals surface area contributed by atoms with Gasteiger partial charge in [-0.3, -0.25) is 0 Å². The molecule has 0 bridgehead atoms. The van der Waals surface area contributed by atoms with Gasteiger partial charge in [0.2, 0.25) is 0 Å². The number of pyridine rings is 1. The molecule has 1 aliphatic rings. The van der Waals surface area contributed by atoms with E-state index in [1.165, 1.54) is 12.3 Å². The van der Waals surface area contributed by atoms with Gasteiger partial charge in [-0.1, -0.05) is 4.40 Å². The number of aromatic nitrogens is 1. The Bertz CT molecular complexity index is 789. The van der Waals surface area contributed by atoms with Crippen molar-refractivity contribution in [3.05, 3.63) is 23.6 Å². The van der Waals surface area contributed by atoms with E-state index in [1.54, 1.807) is 6.92 Å². The van der Waals surface area contributed by atoms with Crippen LogP contribution in [0.1, 0.15) is 60.5 Å². The summed E-state index contributed by atoms with van der Waals surface area (Å²) in [6.45, 7) is 14.6. The molecule has 1 amide bonds. The zero-order valence-electron chi connectivity index (χ0n) is 18.9. The monoisotopic (exact) mass is 440 g/mol. The lowest BCUT2D eigenvalue weighted by molar-refractivity contribution is 0.0520. The Labute approximate surface area is 181 Å². The maximum atomic E-state index is 13.9. The van der Waals surface area contributed by atoms with Crippen molar-refractivity contribution in [2.75, 3.05) is 24.5 Å². The van der Waals surface area contributed by atoms with E-state index in [0.29, 0.717) is 30.2 Å². The molecule has 9 heteroatoms. The van der Waals surface area contributed by atoms with E-state index in [0.717, 1.165) is 13.0 Å². The number of halogens is 1. The lowest BCUT2D eigenvalue weighted by atomic mass is 10.1. The minimum absolute atomic E-state index is 0.221. The Kier molecular flexibility index (Phi) is 7.74. The smallest absolute Gasteiger partial charge is 0.407 e. The van der Waals surface area contributed by atoms with Gasteiger partial charge in [0.1, 0.15) is 33.3 Å². The third-order valence-corrected chi connectivity index (χ3v) is 5.97. The van der Waals surface area contributed by atoms with Gasteiger partial charge >= 0.3 is 6.09 Å². The Morgan fingerprint density at radius 1 is 1.40 bits per heavy atom. The van der Waals surface area contributed by atoms with E-state index in [4.69, 9.17) is 4.74 Å². The highest BCUT2D eigenvalue weighted by atomic mass is 32.2. The summed E-state index contributed by atoms with van der Waals surface area (Å²) in [6, 6.07) is 1.38. The number of carbonyl (C=O) groups is 1. The molecule has 1 aliphatic heterocycles. The number of nitrogens with zero attached hydrogens (tertiary/aromatic N) is 3. The van der Waals surface area contributed by atoms with Crippen LogP contribution in [0.25, 0.3) is 0 Å². The Hall–Kier alpha value is -1.87. The summed E-state index contributed by atoms with van der Waals surface area (Å²) >= 11 is -1.45. The second kappa shape index (κ2) is 9.51. The van der Waals surface area contributed by atoms with Crippen LogP contribution in [0.3, 0.4) is 0 Å². The van der Waals surface area contributed by atoms with Crippen LogP contribution in [0.4, 0.5) is 15.0 Å². The highest BCUT2D eigenvalue weighted by molar-refractivity contribution is 7.91. The number of amides is 1. The minimum atomic E-state index is -1.45. The van der Waals surface area contributed by atoms with Crippen LogP contribution in [-0.2, 0) is 16.1 Å². The maximum absolute atomic E-state index is 13.9. The van der Waals surface area contributed by atoms with Crippen LogP contribution in [0, 0.1) is 11.7 Å². The molecule has 1 N–H and O–H groups in total. The number of nitrogens with one attached hydrogen (secondary N) is 1. The van der Waals surface area contributed by atoms with Crippen molar-refractivity contribution in [3.8, 4) is 0 Å². The first kappa shape index (κ1) is 24.4. The average Bonchev–Trinajstić information content (AvgIpc) is 3.06. The van der Waals surface area contributed by atoms with Crippen LogP contribution in [0.5, 0.6) is 0 Å². The molecule has 30 heavy (non-hydrogen) atoms. The molecule has 0 aromatic carbocycles. The van der Waals surface area contributed by atoms with Crippen molar-refractivity contribution in [3.63, 3.8) is 0 Å². The van der Waals surface area contributed by atoms with Crippen LogP contribution < -0.4 is 10.2 Å². The number of alkyl carbamates (subject to hydrolysis) is 1. The first-order valence-corrected chi connectivity index (χ1v) is 11.2. The molecule has 1 saturated heterocycles. The van der Waals surface area contributed by atoms with Gasteiger partial charge in [-0.05, 0) is 66.9 Å². The maximum Gasteiger partial charge on any atom is 0.407 e. The molecule has 1 aromatic rings. The molecule has 0 radical (unpaired) electrons. The molecule has 0 spiro atoms. The summed E-state index contributed by atoms with van der Waals surface area (Å²) in [7, 11) is 0. The number of ether oxygens (including phenoxy) is 1. The van der Waals surface area contributed by atoms with Crippen LogP contribution in [0.2, 0.25) is 0 Å². The fourth-order valence-electron chi connectivity index (χ4n) is 2.99. The summed E-state index contributed by atoms with van der Waals surface area (Å²) in [5.41, 5.74) is 0.483. The molecule has 1 fully saturated rings. The quantitative estimate of drug-likeness (QED) is 0.555. The molecular formula is C21H33FN4O3S. The number of hydrogen-bond donors (Lipinski definition) is 1. The van der Waals surface area contributed by atoms with Crippen molar-refractivity contribution >= 4 is 29.0 Å². The van der Waals surface area contributed by atoms with E-state index in [1.807, 2.05) is 41.5 Å².